The Hall–Kier alpha value is -1.63. The Balaban J connectivity index is 1.73. The maximum atomic E-state index is 12.4. The molecule has 0 unspecified atom stereocenters. The predicted molar refractivity (Wildman–Crippen MR) is 77.3 cm³/mol. The lowest BCUT2D eigenvalue weighted by Gasteiger charge is -2.36. The van der Waals surface area contributed by atoms with Gasteiger partial charge in [0.25, 0.3) is 0 Å². The highest BCUT2D eigenvalue weighted by Crippen LogP contribution is 2.25. The smallest absolute Gasteiger partial charge is 0.318 e. The largest absolute Gasteiger partial charge is 0.351 e. The molecular weight excluding hydrogens is 272 g/mol. The van der Waals surface area contributed by atoms with Crippen LogP contribution < -0.4 is 11.1 Å². The quantitative estimate of drug-likeness (QED) is 0.760. The molecule has 1 aliphatic heterocycles. The molecule has 4 amide bonds. The molecule has 7 nitrogen and oxygen atoms in total. The van der Waals surface area contributed by atoms with Gasteiger partial charge in [-0.25, -0.2) is 4.79 Å². The van der Waals surface area contributed by atoms with Gasteiger partial charge in [0.2, 0.25) is 11.8 Å². The van der Waals surface area contributed by atoms with E-state index in [1.165, 1.54) is 6.42 Å². The number of hydrogen-bond acceptors (Lipinski definition) is 4. The van der Waals surface area contributed by atoms with Crippen LogP contribution in [0.3, 0.4) is 0 Å². The van der Waals surface area contributed by atoms with Crippen molar-refractivity contribution in [3.05, 3.63) is 0 Å². The van der Waals surface area contributed by atoms with E-state index >= 15 is 0 Å². The Labute approximate surface area is 124 Å². The Morgan fingerprint density at radius 2 is 1.62 bits per heavy atom. The molecular formula is C14H24N4O3. The summed E-state index contributed by atoms with van der Waals surface area (Å²) in [6, 6.07) is -0.828. The molecule has 0 aromatic carbocycles. The van der Waals surface area contributed by atoms with E-state index in [1.54, 1.807) is 0 Å². The number of nitrogens with one attached hydrogen (secondary N) is 1. The van der Waals surface area contributed by atoms with E-state index < -0.39 is 11.9 Å². The normalized spacial score (nSPS) is 21.0. The van der Waals surface area contributed by atoms with Crippen LogP contribution in [0.25, 0.3) is 0 Å². The van der Waals surface area contributed by atoms with Crippen molar-refractivity contribution in [2.75, 3.05) is 32.7 Å². The van der Waals surface area contributed by atoms with Crippen molar-refractivity contribution in [3.63, 3.8) is 0 Å². The number of rotatable bonds is 3. The lowest BCUT2D eigenvalue weighted by molar-refractivity contribution is -0.138. The van der Waals surface area contributed by atoms with Gasteiger partial charge in [0, 0.05) is 32.1 Å². The highest BCUT2D eigenvalue weighted by molar-refractivity contribution is 5.94. The fourth-order valence-electron chi connectivity index (χ4n) is 3.11. The second kappa shape index (κ2) is 7.40. The van der Waals surface area contributed by atoms with Gasteiger partial charge in [-0.15, -0.1) is 0 Å². The van der Waals surface area contributed by atoms with Crippen LogP contribution in [0.4, 0.5) is 4.79 Å². The van der Waals surface area contributed by atoms with E-state index in [9.17, 15) is 14.4 Å². The molecule has 2 rings (SSSR count). The molecule has 0 spiro atoms. The van der Waals surface area contributed by atoms with Crippen molar-refractivity contribution >= 4 is 17.8 Å². The van der Waals surface area contributed by atoms with E-state index in [0.29, 0.717) is 26.2 Å². The van der Waals surface area contributed by atoms with Gasteiger partial charge in [-0.05, 0) is 12.8 Å². The third kappa shape index (κ3) is 4.70. The van der Waals surface area contributed by atoms with E-state index in [-0.39, 0.29) is 18.4 Å². The minimum atomic E-state index is -0.828. The average Bonchev–Trinajstić information content (AvgIpc) is 2.47. The Morgan fingerprint density at radius 1 is 1.00 bits per heavy atom. The van der Waals surface area contributed by atoms with Crippen molar-refractivity contribution in [2.45, 2.75) is 32.1 Å². The Kier molecular flexibility index (Phi) is 5.55. The molecule has 0 bridgehead atoms. The van der Waals surface area contributed by atoms with Crippen LogP contribution in [0.2, 0.25) is 0 Å². The zero-order valence-corrected chi connectivity index (χ0v) is 12.3. The monoisotopic (exact) mass is 296 g/mol. The molecule has 118 valence electrons. The summed E-state index contributed by atoms with van der Waals surface area (Å²) in [5.41, 5.74) is 4.90. The fraction of sp³-hybridized carbons (Fsp3) is 0.786. The lowest BCUT2D eigenvalue weighted by Crippen LogP contribution is -2.53. The van der Waals surface area contributed by atoms with Crippen LogP contribution in [-0.4, -0.2) is 60.4 Å². The number of nitrogens with zero attached hydrogens (tertiary/aromatic N) is 2. The maximum Gasteiger partial charge on any atom is 0.318 e. The zero-order chi connectivity index (χ0) is 15.2. The van der Waals surface area contributed by atoms with Crippen molar-refractivity contribution < 1.29 is 14.4 Å². The first-order valence-electron chi connectivity index (χ1n) is 7.66. The molecule has 21 heavy (non-hydrogen) atoms. The van der Waals surface area contributed by atoms with Crippen LogP contribution in [0.15, 0.2) is 0 Å². The number of amides is 4. The van der Waals surface area contributed by atoms with E-state index in [4.69, 9.17) is 5.73 Å². The third-order valence-corrected chi connectivity index (χ3v) is 4.27. The standard InChI is InChI=1S/C14H24N4O3/c15-14(21)16-12(19)10-17-6-8-18(9-7-17)13(20)11-4-2-1-3-5-11/h11H,1-10H2,(H3,15,16,19,21). The SMILES string of the molecule is NC(=O)NC(=O)CN1CCN(C(=O)C2CCCCC2)CC1. The zero-order valence-electron chi connectivity index (χ0n) is 12.3. The summed E-state index contributed by atoms with van der Waals surface area (Å²) in [4.78, 5) is 38.3. The summed E-state index contributed by atoms with van der Waals surface area (Å²) in [7, 11) is 0. The van der Waals surface area contributed by atoms with Crippen molar-refractivity contribution in [1.82, 2.24) is 15.1 Å². The molecule has 0 aromatic heterocycles. The van der Waals surface area contributed by atoms with Crippen LogP contribution in [0.1, 0.15) is 32.1 Å². The average molecular weight is 296 g/mol. The summed E-state index contributed by atoms with van der Waals surface area (Å²) < 4.78 is 0. The van der Waals surface area contributed by atoms with Crippen molar-refractivity contribution in [2.24, 2.45) is 11.7 Å². The second-order valence-corrected chi connectivity index (χ2v) is 5.85. The number of nitrogens with two attached hydrogens (primary N) is 1. The minimum Gasteiger partial charge on any atom is -0.351 e. The summed E-state index contributed by atoms with van der Waals surface area (Å²) in [6.45, 7) is 2.77. The predicted octanol–water partition coefficient (Wildman–Crippen LogP) is -0.0942. The van der Waals surface area contributed by atoms with Gasteiger partial charge in [0.1, 0.15) is 0 Å². The molecule has 7 heteroatoms. The number of imide groups is 1. The first-order chi connectivity index (χ1) is 10.1. The second-order valence-electron chi connectivity index (χ2n) is 5.85. The minimum absolute atomic E-state index is 0.147. The number of urea groups is 1. The Bertz CT molecular complexity index is 399. The van der Waals surface area contributed by atoms with Crippen LogP contribution in [-0.2, 0) is 9.59 Å². The molecule has 2 aliphatic rings. The highest BCUT2D eigenvalue weighted by atomic mass is 16.2. The van der Waals surface area contributed by atoms with Gasteiger partial charge in [-0.2, -0.15) is 0 Å². The molecule has 3 N–H and O–H groups in total. The van der Waals surface area contributed by atoms with Gasteiger partial charge in [-0.3, -0.25) is 19.8 Å². The number of primary amides is 1. The molecule has 2 fully saturated rings. The van der Waals surface area contributed by atoms with Crippen molar-refractivity contribution in [1.29, 1.82) is 0 Å². The first kappa shape index (κ1) is 15.8. The number of carbonyl (C=O) groups is 3. The van der Waals surface area contributed by atoms with Crippen LogP contribution in [0.5, 0.6) is 0 Å². The van der Waals surface area contributed by atoms with Crippen LogP contribution >= 0.6 is 0 Å². The van der Waals surface area contributed by atoms with Crippen molar-refractivity contribution in [3.8, 4) is 0 Å². The number of carbonyl (C=O) groups excluding carboxylic acids is 3. The van der Waals surface area contributed by atoms with E-state index in [1.807, 2.05) is 9.80 Å². The number of hydrogen-bond donors (Lipinski definition) is 2. The summed E-state index contributed by atoms with van der Waals surface area (Å²) in [6.07, 6.45) is 5.58. The fourth-order valence-corrected chi connectivity index (χ4v) is 3.11. The molecule has 1 saturated carbocycles. The highest BCUT2D eigenvalue weighted by Gasteiger charge is 2.28. The first-order valence-corrected chi connectivity index (χ1v) is 7.66. The number of piperazine rings is 1. The molecule has 1 aliphatic carbocycles. The lowest BCUT2D eigenvalue weighted by atomic mass is 9.88. The van der Waals surface area contributed by atoms with Gasteiger partial charge in [0.15, 0.2) is 0 Å². The summed E-state index contributed by atoms with van der Waals surface area (Å²) >= 11 is 0. The van der Waals surface area contributed by atoms with Crippen LogP contribution in [0, 0.1) is 5.92 Å². The van der Waals surface area contributed by atoms with Gasteiger partial charge in [-0.1, -0.05) is 19.3 Å². The topological polar surface area (TPSA) is 95.7 Å². The summed E-state index contributed by atoms with van der Waals surface area (Å²) in [5.74, 6) is 0.0777. The third-order valence-electron chi connectivity index (χ3n) is 4.27. The van der Waals surface area contributed by atoms with Gasteiger partial charge < -0.3 is 10.6 Å². The van der Waals surface area contributed by atoms with E-state index in [2.05, 4.69) is 5.32 Å². The molecule has 0 atom stereocenters. The maximum absolute atomic E-state index is 12.4. The Morgan fingerprint density at radius 3 is 2.19 bits per heavy atom. The molecule has 0 radical (unpaired) electrons. The molecule has 0 aromatic rings. The van der Waals surface area contributed by atoms with E-state index in [0.717, 1.165) is 25.7 Å². The molecule has 1 heterocycles. The van der Waals surface area contributed by atoms with Gasteiger partial charge >= 0.3 is 6.03 Å². The summed E-state index contributed by atoms with van der Waals surface area (Å²) in [5, 5.41) is 2.05. The molecule has 1 saturated heterocycles. The van der Waals surface area contributed by atoms with Gasteiger partial charge in [0.05, 0.1) is 6.54 Å².